The summed E-state index contributed by atoms with van der Waals surface area (Å²) in [5.41, 5.74) is 6.42. The van der Waals surface area contributed by atoms with Gasteiger partial charge in [-0.2, -0.15) is 15.5 Å². The van der Waals surface area contributed by atoms with Gasteiger partial charge in [0.05, 0.1) is 41.1 Å². The quantitative estimate of drug-likeness (QED) is 0.519. The van der Waals surface area contributed by atoms with Crippen LogP contribution >= 0.6 is 0 Å². The third-order valence-electron chi connectivity index (χ3n) is 5.73. The van der Waals surface area contributed by atoms with Gasteiger partial charge in [0.25, 0.3) is 0 Å². The van der Waals surface area contributed by atoms with Crippen LogP contribution in [0, 0.1) is 25.2 Å². The van der Waals surface area contributed by atoms with Crippen molar-refractivity contribution >= 4 is 10.9 Å². The van der Waals surface area contributed by atoms with E-state index in [1.807, 2.05) is 37.1 Å². The fourth-order valence-corrected chi connectivity index (χ4v) is 4.16. The fraction of sp³-hybridized carbons (Fsp3) is 0.304. The Kier molecular flexibility index (Phi) is 4.28. The van der Waals surface area contributed by atoms with Crippen molar-refractivity contribution < 1.29 is 4.74 Å². The van der Waals surface area contributed by atoms with Crippen molar-refractivity contribution in [1.82, 2.24) is 24.5 Å². The van der Waals surface area contributed by atoms with Crippen molar-refractivity contribution in [2.75, 3.05) is 0 Å². The van der Waals surface area contributed by atoms with Gasteiger partial charge >= 0.3 is 0 Å². The molecular weight excluding hydrogens is 376 g/mol. The van der Waals surface area contributed by atoms with E-state index in [-0.39, 0.29) is 6.10 Å². The van der Waals surface area contributed by atoms with Crippen LogP contribution in [0.1, 0.15) is 47.0 Å². The van der Waals surface area contributed by atoms with Crippen molar-refractivity contribution in [1.29, 1.82) is 5.26 Å². The third kappa shape index (κ3) is 3.01. The van der Waals surface area contributed by atoms with E-state index < -0.39 is 0 Å². The molecule has 0 bridgehead atoms. The van der Waals surface area contributed by atoms with E-state index in [9.17, 15) is 5.26 Å². The zero-order chi connectivity index (χ0) is 20.8. The second-order valence-corrected chi connectivity index (χ2v) is 7.88. The number of aromatic nitrogens is 5. The number of rotatable bonds is 3. The molecule has 0 unspecified atom stereocenters. The number of nitrogens with zero attached hydrogens (tertiary/aromatic N) is 6. The third-order valence-corrected chi connectivity index (χ3v) is 5.73. The van der Waals surface area contributed by atoms with Gasteiger partial charge in [-0.1, -0.05) is 0 Å². The van der Waals surface area contributed by atoms with E-state index in [1.165, 1.54) is 0 Å². The molecule has 1 aliphatic rings. The molecule has 5 rings (SSSR count). The highest BCUT2D eigenvalue weighted by Crippen LogP contribution is 2.36. The molecule has 0 fully saturated rings. The molecule has 1 aromatic carbocycles. The highest BCUT2D eigenvalue weighted by atomic mass is 16.5. The number of benzene rings is 1. The topological polar surface area (TPSA) is 81.5 Å². The number of hydrogen-bond acceptors (Lipinski definition) is 5. The highest BCUT2D eigenvalue weighted by Gasteiger charge is 2.25. The molecule has 0 N–H and O–H groups in total. The second-order valence-electron chi connectivity index (χ2n) is 7.88. The van der Waals surface area contributed by atoms with Crippen molar-refractivity contribution in [2.45, 2.75) is 39.2 Å². The molecule has 1 aliphatic carbocycles. The molecule has 0 saturated heterocycles. The number of fused-ring (bicyclic) bond motifs is 2. The maximum atomic E-state index is 9.32. The Labute approximate surface area is 174 Å². The summed E-state index contributed by atoms with van der Waals surface area (Å²) in [6.07, 6.45) is 8.33. The van der Waals surface area contributed by atoms with Crippen molar-refractivity contribution in [3.05, 3.63) is 64.9 Å². The van der Waals surface area contributed by atoms with Gasteiger partial charge in [-0.25, -0.2) is 4.68 Å². The van der Waals surface area contributed by atoms with Gasteiger partial charge in [0.1, 0.15) is 23.6 Å². The maximum absolute atomic E-state index is 9.32. The first-order valence-corrected chi connectivity index (χ1v) is 10.1. The number of nitriles is 1. The lowest BCUT2D eigenvalue weighted by Gasteiger charge is -2.26. The van der Waals surface area contributed by atoms with Crippen LogP contribution < -0.4 is 4.74 Å². The summed E-state index contributed by atoms with van der Waals surface area (Å²) in [5.74, 6) is 0.829. The molecule has 4 aromatic rings. The minimum Gasteiger partial charge on any atom is -0.484 e. The van der Waals surface area contributed by atoms with E-state index in [4.69, 9.17) is 9.72 Å². The molecule has 0 spiro atoms. The Hall–Kier alpha value is -3.66. The average Bonchev–Trinajstić information content (AvgIpc) is 3.34. The van der Waals surface area contributed by atoms with Gasteiger partial charge < -0.3 is 4.74 Å². The lowest BCUT2D eigenvalue weighted by Crippen LogP contribution is -2.18. The minimum absolute atomic E-state index is 0.119. The van der Waals surface area contributed by atoms with Crippen LogP contribution in [0.3, 0.4) is 0 Å². The molecule has 0 radical (unpaired) electrons. The summed E-state index contributed by atoms with van der Waals surface area (Å²) in [4.78, 5) is 4.74. The number of aryl methyl sites for hydroxylation is 4. The smallest absolute Gasteiger partial charge is 0.141 e. The van der Waals surface area contributed by atoms with E-state index in [1.54, 1.807) is 10.9 Å². The Morgan fingerprint density at radius 2 is 2.03 bits per heavy atom. The molecule has 150 valence electrons. The van der Waals surface area contributed by atoms with Gasteiger partial charge in [0.15, 0.2) is 0 Å². The summed E-state index contributed by atoms with van der Waals surface area (Å²) in [6.45, 7) is 3.94. The first-order valence-electron chi connectivity index (χ1n) is 10.1. The summed E-state index contributed by atoms with van der Waals surface area (Å²) >= 11 is 0. The van der Waals surface area contributed by atoms with Gasteiger partial charge in [-0.15, -0.1) is 0 Å². The predicted molar refractivity (Wildman–Crippen MR) is 113 cm³/mol. The second kappa shape index (κ2) is 6.99. The van der Waals surface area contributed by atoms with Crippen LogP contribution in [0.15, 0.2) is 36.8 Å². The standard InChI is InChI=1S/C23H22N6O/c1-14-7-18-11-26-29(19-12-25-28(3)13-19)20(18)9-22(14)30-21-6-4-5-16-8-17(10-24)15(2)27-23(16)21/h7-9,11-13,21H,4-6H2,1-3H3/t21-/m0/s1. The molecule has 3 aromatic heterocycles. The Morgan fingerprint density at radius 3 is 2.80 bits per heavy atom. The summed E-state index contributed by atoms with van der Waals surface area (Å²) in [6, 6.07) is 8.37. The van der Waals surface area contributed by atoms with Crippen molar-refractivity contribution in [2.24, 2.45) is 7.05 Å². The lowest BCUT2D eigenvalue weighted by molar-refractivity contribution is 0.177. The van der Waals surface area contributed by atoms with Crippen LogP contribution in [0.2, 0.25) is 0 Å². The van der Waals surface area contributed by atoms with Gasteiger partial charge in [0.2, 0.25) is 0 Å². The molecule has 3 heterocycles. The number of hydrogen-bond donors (Lipinski definition) is 0. The summed E-state index contributed by atoms with van der Waals surface area (Å²) in [7, 11) is 1.89. The monoisotopic (exact) mass is 398 g/mol. The van der Waals surface area contributed by atoms with E-state index in [0.717, 1.165) is 64.1 Å². The van der Waals surface area contributed by atoms with E-state index >= 15 is 0 Å². The fourth-order valence-electron chi connectivity index (χ4n) is 4.16. The molecule has 0 aliphatic heterocycles. The summed E-state index contributed by atoms with van der Waals surface area (Å²) in [5, 5.41) is 19.2. The van der Waals surface area contributed by atoms with Gasteiger partial charge in [0, 0.05) is 18.5 Å². The largest absolute Gasteiger partial charge is 0.484 e. The van der Waals surface area contributed by atoms with Crippen LogP contribution in [0.5, 0.6) is 5.75 Å². The first kappa shape index (κ1) is 18.4. The average molecular weight is 398 g/mol. The molecule has 7 heteroatoms. The van der Waals surface area contributed by atoms with Gasteiger partial charge in [-0.05, 0) is 56.4 Å². The Morgan fingerprint density at radius 1 is 1.17 bits per heavy atom. The SMILES string of the molecule is Cc1cc2cnn(-c3cnn(C)c3)c2cc1O[C@H]1CCCc2cc(C#N)c(C)nc21. The van der Waals surface area contributed by atoms with Crippen molar-refractivity contribution in [3.63, 3.8) is 0 Å². The zero-order valence-corrected chi connectivity index (χ0v) is 17.3. The van der Waals surface area contributed by atoms with Crippen LogP contribution in [0.4, 0.5) is 0 Å². The molecule has 30 heavy (non-hydrogen) atoms. The van der Waals surface area contributed by atoms with Crippen molar-refractivity contribution in [3.8, 4) is 17.5 Å². The lowest BCUT2D eigenvalue weighted by atomic mass is 9.92. The molecule has 1 atom stereocenters. The normalized spacial score (nSPS) is 15.7. The molecule has 0 amide bonds. The van der Waals surface area contributed by atoms with Crippen LogP contribution in [-0.2, 0) is 13.5 Å². The maximum Gasteiger partial charge on any atom is 0.141 e. The predicted octanol–water partition coefficient (Wildman–Crippen LogP) is 4.10. The van der Waals surface area contributed by atoms with Crippen LogP contribution in [0.25, 0.3) is 16.6 Å². The molecular formula is C23H22N6O. The van der Waals surface area contributed by atoms with Crippen LogP contribution in [-0.4, -0.2) is 24.5 Å². The molecule has 7 nitrogen and oxygen atoms in total. The van der Waals surface area contributed by atoms with E-state index in [0.29, 0.717) is 5.56 Å². The Bertz CT molecular complexity index is 1310. The highest BCUT2D eigenvalue weighted by molar-refractivity contribution is 5.83. The Balaban J connectivity index is 1.54. The number of ether oxygens (including phenoxy) is 1. The molecule has 0 saturated carbocycles. The summed E-state index contributed by atoms with van der Waals surface area (Å²) < 4.78 is 10.1. The van der Waals surface area contributed by atoms with Gasteiger partial charge in [-0.3, -0.25) is 9.67 Å². The number of pyridine rings is 1. The minimum atomic E-state index is -0.119. The van der Waals surface area contributed by atoms with E-state index in [2.05, 4.69) is 35.3 Å². The zero-order valence-electron chi connectivity index (χ0n) is 17.3. The first-order chi connectivity index (χ1) is 14.5.